The standard InChI is InChI=1S/C16H25NO4/c1-12(2)11-21-14-5-6-15(20-8-4-7-17-3)13(9-14)10-16(18)19/h5-6,9,12,17H,4,7-8,10-11H2,1-3H3,(H,18,19)/p-1. The fourth-order valence-corrected chi connectivity index (χ4v) is 1.77. The molecule has 0 spiro atoms. The van der Waals surface area contributed by atoms with Gasteiger partial charge >= 0.3 is 0 Å². The normalized spacial score (nSPS) is 10.7. The molecule has 0 fully saturated rings. The van der Waals surface area contributed by atoms with Crippen LogP contribution in [-0.4, -0.2) is 32.8 Å². The van der Waals surface area contributed by atoms with Crippen molar-refractivity contribution in [3.63, 3.8) is 0 Å². The van der Waals surface area contributed by atoms with Crippen LogP contribution in [0.5, 0.6) is 11.5 Å². The molecule has 0 bridgehead atoms. The van der Waals surface area contributed by atoms with Gasteiger partial charge in [-0.15, -0.1) is 0 Å². The predicted octanol–water partition coefficient (Wildman–Crippen LogP) is 1.00. The van der Waals surface area contributed by atoms with E-state index in [2.05, 4.69) is 19.2 Å². The van der Waals surface area contributed by atoms with Gasteiger partial charge in [-0.1, -0.05) is 13.8 Å². The number of nitrogens with one attached hydrogen (secondary N) is 1. The molecule has 0 radical (unpaired) electrons. The molecule has 5 heteroatoms. The second-order valence-corrected chi connectivity index (χ2v) is 5.33. The summed E-state index contributed by atoms with van der Waals surface area (Å²) in [5.41, 5.74) is 0.584. The average Bonchev–Trinajstić information content (AvgIpc) is 2.42. The number of carboxylic acid groups (broad SMARTS) is 1. The van der Waals surface area contributed by atoms with Gasteiger partial charge in [-0.3, -0.25) is 0 Å². The van der Waals surface area contributed by atoms with Crippen molar-refractivity contribution in [1.29, 1.82) is 0 Å². The zero-order valence-electron chi connectivity index (χ0n) is 13.0. The fraction of sp³-hybridized carbons (Fsp3) is 0.562. The lowest BCUT2D eigenvalue weighted by molar-refractivity contribution is -0.304. The number of benzene rings is 1. The molecule has 1 aromatic carbocycles. The van der Waals surface area contributed by atoms with Crippen LogP contribution < -0.4 is 19.9 Å². The first-order chi connectivity index (χ1) is 10.0. The van der Waals surface area contributed by atoms with Crippen molar-refractivity contribution in [2.24, 2.45) is 5.92 Å². The van der Waals surface area contributed by atoms with Gasteiger partial charge in [0.05, 0.1) is 13.2 Å². The molecule has 1 aromatic rings. The quantitative estimate of drug-likeness (QED) is 0.652. The number of aliphatic carboxylic acids is 1. The van der Waals surface area contributed by atoms with Gasteiger partial charge in [-0.25, -0.2) is 0 Å². The van der Waals surface area contributed by atoms with E-state index in [0.717, 1.165) is 13.0 Å². The number of hydrogen-bond donors (Lipinski definition) is 1. The molecule has 0 saturated carbocycles. The van der Waals surface area contributed by atoms with Gasteiger partial charge in [0.15, 0.2) is 0 Å². The van der Waals surface area contributed by atoms with Crippen LogP contribution in [0.3, 0.4) is 0 Å². The topological polar surface area (TPSA) is 70.6 Å². The second-order valence-electron chi connectivity index (χ2n) is 5.33. The van der Waals surface area contributed by atoms with E-state index in [-0.39, 0.29) is 6.42 Å². The molecule has 118 valence electrons. The van der Waals surface area contributed by atoms with E-state index in [9.17, 15) is 9.90 Å². The third kappa shape index (κ3) is 6.99. The molecule has 5 nitrogen and oxygen atoms in total. The molecule has 0 amide bonds. The molecule has 21 heavy (non-hydrogen) atoms. The SMILES string of the molecule is CNCCCOc1ccc(OCC(C)C)cc1CC(=O)[O-]. The smallest absolute Gasteiger partial charge is 0.123 e. The van der Waals surface area contributed by atoms with Crippen LogP contribution in [0.1, 0.15) is 25.8 Å². The van der Waals surface area contributed by atoms with Crippen molar-refractivity contribution in [2.45, 2.75) is 26.7 Å². The van der Waals surface area contributed by atoms with E-state index in [4.69, 9.17) is 9.47 Å². The Hall–Kier alpha value is -1.75. The van der Waals surface area contributed by atoms with Crippen LogP contribution in [-0.2, 0) is 11.2 Å². The van der Waals surface area contributed by atoms with E-state index in [1.165, 1.54) is 0 Å². The lowest BCUT2D eigenvalue weighted by atomic mass is 10.1. The molecule has 0 aliphatic rings. The summed E-state index contributed by atoms with van der Waals surface area (Å²) in [4.78, 5) is 10.9. The lowest BCUT2D eigenvalue weighted by Crippen LogP contribution is -2.24. The highest BCUT2D eigenvalue weighted by molar-refractivity contribution is 5.69. The first kappa shape index (κ1) is 17.3. The van der Waals surface area contributed by atoms with Crippen molar-refractivity contribution < 1.29 is 19.4 Å². The Labute approximate surface area is 126 Å². The monoisotopic (exact) mass is 294 g/mol. The van der Waals surface area contributed by atoms with Gasteiger partial charge in [0.1, 0.15) is 11.5 Å². The van der Waals surface area contributed by atoms with E-state index < -0.39 is 5.97 Å². The summed E-state index contributed by atoms with van der Waals surface area (Å²) in [7, 11) is 1.88. The van der Waals surface area contributed by atoms with Crippen molar-refractivity contribution >= 4 is 5.97 Å². The van der Waals surface area contributed by atoms with Gasteiger partial charge in [-0.2, -0.15) is 0 Å². The molecule has 1 rings (SSSR count). The largest absolute Gasteiger partial charge is 0.550 e. The molecule has 1 N–H and O–H groups in total. The van der Waals surface area contributed by atoms with Crippen molar-refractivity contribution in [3.05, 3.63) is 23.8 Å². The summed E-state index contributed by atoms with van der Waals surface area (Å²) < 4.78 is 11.2. The Morgan fingerprint density at radius 1 is 1.33 bits per heavy atom. The maximum Gasteiger partial charge on any atom is 0.123 e. The average molecular weight is 294 g/mol. The van der Waals surface area contributed by atoms with Crippen LogP contribution >= 0.6 is 0 Å². The van der Waals surface area contributed by atoms with Gasteiger partial charge < -0.3 is 24.7 Å². The third-order valence-electron chi connectivity index (χ3n) is 2.78. The Balaban J connectivity index is 2.73. The van der Waals surface area contributed by atoms with Crippen LogP contribution in [0.4, 0.5) is 0 Å². The van der Waals surface area contributed by atoms with Crippen LogP contribution in [0.2, 0.25) is 0 Å². The molecule has 0 saturated heterocycles. The maximum absolute atomic E-state index is 10.9. The minimum Gasteiger partial charge on any atom is -0.550 e. The Bertz CT molecular complexity index is 446. The molecular weight excluding hydrogens is 270 g/mol. The summed E-state index contributed by atoms with van der Waals surface area (Å²) in [6.07, 6.45) is 0.674. The zero-order chi connectivity index (χ0) is 15.7. The highest BCUT2D eigenvalue weighted by atomic mass is 16.5. The highest BCUT2D eigenvalue weighted by Crippen LogP contribution is 2.25. The minimum atomic E-state index is -1.13. The van der Waals surface area contributed by atoms with E-state index >= 15 is 0 Å². The van der Waals surface area contributed by atoms with Gasteiger partial charge in [-0.05, 0) is 44.1 Å². The summed E-state index contributed by atoms with van der Waals surface area (Å²) in [5, 5.41) is 13.9. The number of carbonyl (C=O) groups excluding carboxylic acids is 1. The molecule has 0 unspecified atom stereocenters. The molecule has 0 aromatic heterocycles. The zero-order valence-corrected chi connectivity index (χ0v) is 13.0. The Morgan fingerprint density at radius 3 is 2.71 bits per heavy atom. The van der Waals surface area contributed by atoms with Crippen LogP contribution in [0.25, 0.3) is 0 Å². The molecular formula is C16H24NO4-. The lowest BCUT2D eigenvalue weighted by Gasteiger charge is -2.15. The van der Waals surface area contributed by atoms with Gasteiger partial charge in [0.25, 0.3) is 0 Å². The summed E-state index contributed by atoms with van der Waals surface area (Å²) in [6.45, 7) is 6.09. The number of carboxylic acids is 1. The molecule has 0 atom stereocenters. The number of ether oxygens (including phenoxy) is 2. The highest BCUT2D eigenvalue weighted by Gasteiger charge is 2.07. The van der Waals surface area contributed by atoms with E-state index in [1.807, 2.05) is 7.05 Å². The fourth-order valence-electron chi connectivity index (χ4n) is 1.77. The van der Waals surface area contributed by atoms with Crippen molar-refractivity contribution in [3.8, 4) is 11.5 Å². The second kappa shape index (κ2) is 9.23. The Kier molecular flexibility index (Phi) is 7.61. The Morgan fingerprint density at radius 2 is 2.10 bits per heavy atom. The summed E-state index contributed by atoms with van der Waals surface area (Å²) in [6, 6.07) is 5.27. The van der Waals surface area contributed by atoms with E-state index in [1.54, 1.807) is 18.2 Å². The van der Waals surface area contributed by atoms with Crippen LogP contribution in [0.15, 0.2) is 18.2 Å². The first-order valence-electron chi connectivity index (χ1n) is 7.26. The summed E-state index contributed by atoms with van der Waals surface area (Å²) >= 11 is 0. The molecule has 0 aliphatic carbocycles. The number of rotatable bonds is 10. The third-order valence-corrected chi connectivity index (χ3v) is 2.78. The maximum atomic E-state index is 10.9. The van der Waals surface area contributed by atoms with Crippen molar-refractivity contribution in [1.82, 2.24) is 5.32 Å². The minimum absolute atomic E-state index is 0.180. The number of hydrogen-bond acceptors (Lipinski definition) is 5. The molecule has 0 aliphatic heterocycles. The van der Waals surface area contributed by atoms with Crippen LogP contribution in [0, 0.1) is 5.92 Å². The first-order valence-corrected chi connectivity index (χ1v) is 7.26. The van der Waals surface area contributed by atoms with E-state index in [0.29, 0.717) is 36.2 Å². The molecule has 0 heterocycles. The summed E-state index contributed by atoms with van der Waals surface area (Å²) in [5.74, 6) is 0.512. The van der Waals surface area contributed by atoms with Crippen molar-refractivity contribution in [2.75, 3.05) is 26.8 Å². The van der Waals surface area contributed by atoms with Gasteiger partial charge in [0, 0.05) is 18.0 Å². The predicted molar refractivity (Wildman–Crippen MR) is 79.5 cm³/mol. The number of carbonyl (C=O) groups is 1. The van der Waals surface area contributed by atoms with Gasteiger partial charge in [0.2, 0.25) is 0 Å².